The third-order valence-corrected chi connectivity index (χ3v) is 2.59. The van der Waals surface area contributed by atoms with E-state index in [-0.39, 0.29) is 11.1 Å². The quantitative estimate of drug-likeness (QED) is 0.775. The van der Waals surface area contributed by atoms with Gasteiger partial charge in [0.05, 0.1) is 0 Å². The van der Waals surface area contributed by atoms with Gasteiger partial charge in [-0.3, -0.25) is 0 Å². The average molecular weight is 232 g/mol. The molecule has 0 aliphatic heterocycles. The first kappa shape index (κ1) is 12.2. The fraction of sp³-hybridized carbons (Fsp3) is 0.385. The third-order valence-electron chi connectivity index (χ3n) is 2.59. The number of hydrogen-bond acceptors (Lipinski definition) is 3. The molecule has 2 rings (SSSR count). The summed E-state index contributed by atoms with van der Waals surface area (Å²) in [4.78, 5) is 0. The van der Waals surface area contributed by atoms with Gasteiger partial charge in [-0.25, -0.2) is 0 Å². The summed E-state index contributed by atoms with van der Waals surface area (Å²) in [6.45, 7) is 6.57. The monoisotopic (exact) mass is 232 g/mol. The predicted molar refractivity (Wildman–Crippen MR) is 69.2 cm³/mol. The van der Waals surface area contributed by atoms with Gasteiger partial charge >= 0.3 is 7.12 Å². The van der Waals surface area contributed by atoms with Crippen LogP contribution in [-0.2, 0) is 6.42 Å². The Morgan fingerprint density at radius 3 is 2.47 bits per heavy atom. The number of furan rings is 1. The second-order valence-electron chi connectivity index (χ2n) is 5.63. The van der Waals surface area contributed by atoms with Crippen molar-refractivity contribution in [1.29, 1.82) is 0 Å². The smallest absolute Gasteiger partial charge is 0.465 e. The average Bonchev–Trinajstić information content (AvgIpc) is 2.57. The first-order valence-corrected chi connectivity index (χ1v) is 5.74. The molecule has 1 heterocycles. The van der Waals surface area contributed by atoms with E-state index in [4.69, 9.17) is 14.5 Å². The van der Waals surface area contributed by atoms with Crippen molar-refractivity contribution < 1.29 is 14.5 Å². The van der Waals surface area contributed by atoms with Crippen LogP contribution in [0.4, 0.5) is 0 Å². The molecule has 2 aromatic rings. The number of rotatable bonds is 2. The van der Waals surface area contributed by atoms with Crippen molar-refractivity contribution in [1.82, 2.24) is 0 Å². The fourth-order valence-corrected chi connectivity index (χ4v) is 1.96. The standard InChI is InChI=1S/C13H17BO3/c1-13(2,3)8-9-4-5-11-10(6-9)7-12(17-11)14(15)16/h4-7,15-16H,8H2,1-3H3. The molecule has 0 aliphatic rings. The molecule has 2 N–H and O–H groups in total. The van der Waals surface area contributed by atoms with Crippen LogP contribution in [-0.4, -0.2) is 17.2 Å². The van der Waals surface area contributed by atoms with Gasteiger partial charge < -0.3 is 14.5 Å². The largest absolute Gasteiger partial charge is 0.526 e. The molecule has 17 heavy (non-hydrogen) atoms. The molecular weight excluding hydrogens is 215 g/mol. The molecule has 0 amide bonds. The highest BCUT2D eigenvalue weighted by Crippen LogP contribution is 2.23. The Morgan fingerprint density at radius 1 is 1.18 bits per heavy atom. The lowest BCUT2D eigenvalue weighted by Crippen LogP contribution is -2.27. The van der Waals surface area contributed by atoms with Crippen LogP contribution in [0.5, 0.6) is 0 Å². The number of hydrogen-bond donors (Lipinski definition) is 2. The van der Waals surface area contributed by atoms with Crippen molar-refractivity contribution in [3.63, 3.8) is 0 Å². The SMILES string of the molecule is CC(C)(C)Cc1ccc2oc(B(O)O)cc2c1. The Kier molecular flexibility index (Phi) is 3.02. The van der Waals surface area contributed by atoms with Crippen molar-refractivity contribution in [2.45, 2.75) is 27.2 Å². The molecule has 0 saturated heterocycles. The van der Waals surface area contributed by atoms with Crippen LogP contribution in [0.15, 0.2) is 28.7 Å². The Hall–Kier alpha value is -1.26. The lowest BCUT2D eigenvalue weighted by molar-refractivity contribution is 0.411. The fourth-order valence-electron chi connectivity index (χ4n) is 1.96. The maximum absolute atomic E-state index is 9.04. The van der Waals surface area contributed by atoms with Crippen LogP contribution in [0.1, 0.15) is 26.3 Å². The van der Waals surface area contributed by atoms with E-state index < -0.39 is 7.12 Å². The van der Waals surface area contributed by atoms with Crippen molar-refractivity contribution in [2.75, 3.05) is 0 Å². The summed E-state index contributed by atoms with van der Waals surface area (Å²) < 4.78 is 5.31. The lowest BCUT2D eigenvalue weighted by atomic mass is 9.87. The summed E-state index contributed by atoms with van der Waals surface area (Å²) >= 11 is 0. The third kappa shape index (κ3) is 2.90. The normalized spacial score (nSPS) is 12.1. The molecule has 0 aliphatic carbocycles. The Balaban J connectivity index is 2.37. The summed E-state index contributed by atoms with van der Waals surface area (Å²) in [7, 11) is -1.55. The predicted octanol–water partition coefficient (Wildman–Crippen LogP) is 1.70. The maximum atomic E-state index is 9.04. The van der Waals surface area contributed by atoms with E-state index in [1.165, 1.54) is 5.56 Å². The second-order valence-corrected chi connectivity index (χ2v) is 5.63. The van der Waals surface area contributed by atoms with Crippen LogP contribution in [0.2, 0.25) is 0 Å². The van der Waals surface area contributed by atoms with Crippen molar-refractivity contribution in [2.24, 2.45) is 5.41 Å². The molecular formula is C13H17BO3. The molecule has 0 fully saturated rings. The van der Waals surface area contributed by atoms with E-state index >= 15 is 0 Å². The highest BCUT2D eigenvalue weighted by atomic mass is 16.4. The minimum Gasteiger partial charge on any atom is -0.465 e. The van der Waals surface area contributed by atoms with Gasteiger partial charge in [-0.05, 0) is 35.6 Å². The molecule has 0 saturated carbocycles. The first-order valence-electron chi connectivity index (χ1n) is 5.74. The van der Waals surface area contributed by atoms with Gasteiger partial charge in [-0.1, -0.05) is 26.8 Å². The molecule has 90 valence electrons. The van der Waals surface area contributed by atoms with E-state index in [9.17, 15) is 0 Å². The highest BCUT2D eigenvalue weighted by molar-refractivity contribution is 6.57. The Labute approximate surface area is 101 Å². The molecule has 0 bridgehead atoms. The van der Waals surface area contributed by atoms with Crippen LogP contribution in [0.25, 0.3) is 11.0 Å². The summed E-state index contributed by atoms with van der Waals surface area (Å²) in [6.07, 6.45) is 0.977. The highest BCUT2D eigenvalue weighted by Gasteiger charge is 2.17. The molecule has 3 nitrogen and oxygen atoms in total. The number of fused-ring (bicyclic) bond motifs is 1. The van der Waals surface area contributed by atoms with Gasteiger partial charge in [0.2, 0.25) is 0 Å². The van der Waals surface area contributed by atoms with Crippen molar-refractivity contribution in [3.8, 4) is 0 Å². The van der Waals surface area contributed by atoms with Gasteiger partial charge in [0.1, 0.15) is 11.2 Å². The van der Waals surface area contributed by atoms with Crippen LogP contribution in [0.3, 0.4) is 0 Å². The van der Waals surface area contributed by atoms with Crippen LogP contribution >= 0.6 is 0 Å². The van der Waals surface area contributed by atoms with Gasteiger partial charge in [-0.15, -0.1) is 0 Å². The van der Waals surface area contributed by atoms with Gasteiger partial charge in [0.15, 0.2) is 0 Å². The van der Waals surface area contributed by atoms with Crippen LogP contribution < -0.4 is 5.66 Å². The molecule has 4 heteroatoms. The minimum atomic E-state index is -1.55. The maximum Gasteiger partial charge on any atom is 0.526 e. The molecule has 1 aromatic heterocycles. The zero-order valence-corrected chi connectivity index (χ0v) is 10.4. The zero-order chi connectivity index (χ0) is 12.6. The molecule has 0 unspecified atom stereocenters. The van der Waals surface area contributed by atoms with E-state index in [0.29, 0.717) is 5.58 Å². The molecule has 1 aromatic carbocycles. The van der Waals surface area contributed by atoms with E-state index in [1.807, 2.05) is 18.2 Å². The summed E-state index contributed by atoms with van der Waals surface area (Å²) in [5.41, 5.74) is 2.33. The zero-order valence-electron chi connectivity index (χ0n) is 10.4. The van der Waals surface area contributed by atoms with Crippen molar-refractivity contribution >= 4 is 23.7 Å². The molecule has 0 atom stereocenters. The second kappa shape index (κ2) is 4.20. The Morgan fingerprint density at radius 2 is 1.88 bits per heavy atom. The summed E-state index contributed by atoms with van der Waals surface area (Å²) in [6, 6.07) is 7.61. The van der Waals surface area contributed by atoms with Crippen LogP contribution in [0, 0.1) is 5.41 Å². The van der Waals surface area contributed by atoms with Gasteiger partial charge in [0.25, 0.3) is 0 Å². The molecule has 0 radical (unpaired) electrons. The van der Waals surface area contributed by atoms with Crippen molar-refractivity contribution in [3.05, 3.63) is 29.8 Å². The molecule has 0 spiro atoms. The Bertz CT molecular complexity index is 523. The van der Waals surface area contributed by atoms with Gasteiger partial charge in [-0.2, -0.15) is 0 Å². The number of benzene rings is 1. The summed E-state index contributed by atoms with van der Waals surface area (Å²) in [5.74, 6) is 0. The minimum absolute atomic E-state index is 0.188. The topological polar surface area (TPSA) is 53.6 Å². The summed E-state index contributed by atoms with van der Waals surface area (Å²) in [5, 5.41) is 19.0. The van der Waals surface area contributed by atoms with E-state index in [1.54, 1.807) is 6.07 Å². The lowest BCUT2D eigenvalue weighted by Gasteiger charge is -2.17. The van der Waals surface area contributed by atoms with Gasteiger partial charge in [0, 0.05) is 5.39 Å². The van der Waals surface area contributed by atoms with E-state index in [2.05, 4.69) is 20.8 Å². The first-order chi connectivity index (χ1) is 7.85. The van der Waals surface area contributed by atoms with E-state index in [0.717, 1.165) is 11.8 Å².